The first-order chi connectivity index (χ1) is 38.0. The van der Waals surface area contributed by atoms with Crippen LogP contribution in [0.25, 0.3) is 0 Å². The van der Waals surface area contributed by atoms with Crippen molar-refractivity contribution in [1.82, 2.24) is 5.32 Å². The number of carbonyl (C=O) groups excluding carboxylic acids is 1. The van der Waals surface area contributed by atoms with E-state index in [1.807, 2.05) is 27.2 Å². The van der Waals surface area contributed by atoms with Gasteiger partial charge in [0.2, 0.25) is 5.91 Å². The van der Waals surface area contributed by atoms with Crippen LogP contribution in [0.15, 0.2) is 122 Å². The summed E-state index contributed by atoms with van der Waals surface area (Å²) < 4.78 is 23.4. The van der Waals surface area contributed by atoms with E-state index in [0.717, 1.165) is 103 Å². The summed E-state index contributed by atoms with van der Waals surface area (Å²) in [6, 6.07) is -0.927. The Labute approximate surface area is 482 Å². The van der Waals surface area contributed by atoms with Crippen LogP contribution in [0.3, 0.4) is 0 Å². The van der Waals surface area contributed by atoms with E-state index in [1.165, 1.54) is 135 Å². The third-order valence-corrected chi connectivity index (χ3v) is 14.6. The third kappa shape index (κ3) is 60.5. The molecule has 0 radical (unpaired) electrons. The highest BCUT2D eigenvalue weighted by Gasteiger charge is 2.23. The van der Waals surface area contributed by atoms with Gasteiger partial charge >= 0.3 is 0 Å². The topological polar surface area (TPSA) is 108 Å². The molecule has 0 aromatic heterocycles. The van der Waals surface area contributed by atoms with E-state index in [4.69, 9.17) is 9.05 Å². The van der Waals surface area contributed by atoms with E-state index >= 15 is 0 Å². The van der Waals surface area contributed by atoms with Gasteiger partial charge in [0.15, 0.2) is 0 Å². The summed E-state index contributed by atoms with van der Waals surface area (Å²) in [7, 11) is 1.21. The molecular formula is C69H121N2O6P. The number of carbonyl (C=O) groups is 1. The van der Waals surface area contributed by atoms with Gasteiger partial charge in [0.25, 0.3) is 7.82 Å². The van der Waals surface area contributed by atoms with Crippen molar-refractivity contribution in [2.75, 3.05) is 40.9 Å². The number of nitrogens with zero attached hydrogens (tertiary/aromatic N) is 1. The number of hydrogen-bond acceptors (Lipinski definition) is 6. The Hall–Kier alpha value is -3.10. The number of allylic oxidation sites excluding steroid dienone is 19. The second-order valence-electron chi connectivity index (χ2n) is 22.4. The highest BCUT2D eigenvalue weighted by atomic mass is 31.2. The highest BCUT2D eigenvalue weighted by Crippen LogP contribution is 2.38. The van der Waals surface area contributed by atoms with Crippen LogP contribution in [0.2, 0.25) is 0 Å². The molecule has 1 amide bonds. The average molecular weight is 1110 g/mol. The van der Waals surface area contributed by atoms with Crippen LogP contribution in [0.5, 0.6) is 0 Å². The minimum atomic E-state index is -4.63. The molecule has 9 heteroatoms. The van der Waals surface area contributed by atoms with E-state index in [-0.39, 0.29) is 12.5 Å². The van der Waals surface area contributed by atoms with E-state index in [2.05, 4.69) is 129 Å². The second-order valence-corrected chi connectivity index (χ2v) is 23.8. The van der Waals surface area contributed by atoms with E-state index in [9.17, 15) is 19.4 Å². The predicted octanol–water partition coefficient (Wildman–Crippen LogP) is 19.5. The first-order valence-electron chi connectivity index (χ1n) is 31.9. The number of likely N-dealkylation sites (N-methyl/N-ethyl adjacent to an activating group) is 1. The van der Waals surface area contributed by atoms with Crippen LogP contribution in [0, 0.1) is 0 Å². The van der Waals surface area contributed by atoms with Crippen molar-refractivity contribution in [3.05, 3.63) is 122 Å². The zero-order valence-electron chi connectivity index (χ0n) is 51.1. The maximum absolute atomic E-state index is 13.0. The molecule has 0 aliphatic rings. The van der Waals surface area contributed by atoms with Gasteiger partial charge in [-0.3, -0.25) is 9.36 Å². The summed E-state index contributed by atoms with van der Waals surface area (Å²) >= 11 is 0. The van der Waals surface area contributed by atoms with Gasteiger partial charge in [-0.15, -0.1) is 0 Å². The van der Waals surface area contributed by atoms with Crippen molar-refractivity contribution >= 4 is 13.7 Å². The van der Waals surface area contributed by atoms with E-state index in [1.54, 1.807) is 6.08 Å². The summed E-state index contributed by atoms with van der Waals surface area (Å²) in [6.45, 7) is 4.50. The number of quaternary nitrogens is 1. The molecule has 0 saturated carbocycles. The van der Waals surface area contributed by atoms with Gasteiger partial charge < -0.3 is 28.8 Å². The first-order valence-corrected chi connectivity index (χ1v) is 33.4. The van der Waals surface area contributed by atoms with Crippen molar-refractivity contribution in [2.24, 2.45) is 0 Å². The molecule has 0 aromatic rings. The number of phosphoric ester groups is 1. The summed E-state index contributed by atoms with van der Waals surface area (Å²) in [5.41, 5.74) is 0. The Morgan fingerprint density at radius 1 is 0.462 bits per heavy atom. The van der Waals surface area contributed by atoms with Crippen molar-refractivity contribution in [1.29, 1.82) is 0 Å². The number of amides is 1. The van der Waals surface area contributed by atoms with Crippen LogP contribution >= 0.6 is 7.82 Å². The highest BCUT2D eigenvalue weighted by molar-refractivity contribution is 7.45. The monoisotopic (exact) mass is 1100 g/mol. The standard InChI is InChI=1S/C69H121N2O6P/c1-6-8-10-12-14-16-18-20-22-24-26-28-30-32-34-35-37-39-41-43-45-47-49-51-53-55-57-59-61-63-69(73)70-67(66-77-78(74,75)76-65-64-71(3,4)5)68(72)62-60-58-56-54-52-50-48-46-44-42-40-38-36-33-31-29-27-25-23-21-19-17-15-13-11-9-7-2/h8,10,14,16,20,22,26,28,32,34,37,39,43-46,52,54,60,62,67-68,72H,6-7,9,11-13,15,17-19,21,23-25,27,29-31,33,35-36,38,40-42,47-51,53,55-59,61,63-66H2,1-5H3,(H-,70,73,74,75)/b10-8-,16-14-,22-20-,28-26-,34-32-,39-37-,45-43-,46-44+,54-52+,62-60+. The quantitative estimate of drug-likeness (QED) is 0.0272. The Morgan fingerprint density at radius 3 is 1.19 bits per heavy atom. The SMILES string of the molecule is CC/C=C\C/C=C\C/C=C\C/C=C\C/C=C\C/C=C\C/C=C\CCCCCCCCCC(=O)NC(COP(=O)([O-])OCC[N+](C)(C)C)C(O)/C=C/CC/C=C/CC/C=C/CCCCCCCCCCCCCCCCCCC. The molecule has 0 bridgehead atoms. The number of hydrogen-bond donors (Lipinski definition) is 2. The summed E-state index contributed by atoms with van der Waals surface area (Å²) in [5.74, 6) is -0.226. The lowest BCUT2D eigenvalue weighted by Gasteiger charge is -2.29. The molecule has 2 N–H and O–H groups in total. The molecule has 3 atom stereocenters. The van der Waals surface area contributed by atoms with E-state index < -0.39 is 26.6 Å². The normalized spacial score (nSPS) is 14.6. The zero-order chi connectivity index (χ0) is 57.0. The van der Waals surface area contributed by atoms with Crippen LogP contribution in [-0.4, -0.2) is 68.5 Å². The largest absolute Gasteiger partial charge is 0.756 e. The lowest BCUT2D eigenvalue weighted by molar-refractivity contribution is -0.870. The molecule has 0 rings (SSSR count). The van der Waals surface area contributed by atoms with Crippen molar-refractivity contribution in [3.8, 4) is 0 Å². The minimum Gasteiger partial charge on any atom is -0.756 e. The fraction of sp³-hybridized carbons (Fsp3) is 0.696. The summed E-state index contributed by atoms with van der Waals surface area (Å²) in [5, 5.41) is 13.9. The van der Waals surface area contributed by atoms with Gasteiger partial charge in [0.1, 0.15) is 13.2 Å². The number of aliphatic hydroxyl groups is 1. The van der Waals surface area contributed by atoms with Gasteiger partial charge in [-0.25, -0.2) is 0 Å². The van der Waals surface area contributed by atoms with Gasteiger partial charge in [0, 0.05) is 6.42 Å². The Balaban J connectivity index is 4.29. The number of aliphatic hydroxyl groups excluding tert-OH is 1. The summed E-state index contributed by atoms with van der Waals surface area (Å²) in [6.07, 6.45) is 87.2. The van der Waals surface area contributed by atoms with Crippen LogP contribution < -0.4 is 10.2 Å². The zero-order valence-corrected chi connectivity index (χ0v) is 52.0. The van der Waals surface area contributed by atoms with Crippen molar-refractivity contribution < 1.29 is 32.9 Å². The molecule has 3 unspecified atom stereocenters. The number of nitrogens with one attached hydrogen (secondary N) is 1. The molecule has 448 valence electrons. The predicted molar refractivity (Wildman–Crippen MR) is 339 cm³/mol. The number of unbranched alkanes of at least 4 members (excludes halogenated alkanes) is 26. The number of rotatable bonds is 57. The Bertz CT molecular complexity index is 1680. The molecule has 8 nitrogen and oxygen atoms in total. The molecular weight excluding hydrogens is 984 g/mol. The molecule has 0 fully saturated rings. The lowest BCUT2D eigenvalue weighted by Crippen LogP contribution is -2.45. The first kappa shape index (κ1) is 74.9. The molecule has 0 spiro atoms. The van der Waals surface area contributed by atoms with Crippen LogP contribution in [-0.2, 0) is 18.4 Å². The third-order valence-electron chi connectivity index (χ3n) is 13.6. The molecule has 0 aliphatic carbocycles. The maximum atomic E-state index is 13.0. The minimum absolute atomic E-state index is 0.0179. The average Bonchev–Trinajstić information content (AvgIpc) is 3.41. The van der Waals surface area contributed by atoms with Gasteiger partial charge in [0.05, 0.1) is 39.9 Å². The number of phosphoric acid groups is 1. The Morgan fingerprint density at radius 2 is 0.795 bits per heavy atom. The second kappa shape index (κ2) is 58.6. The summed E-state index contributed by atoms with van der Waals surface area (Å²) in [4.78, 5) is 25.6. The van der Waals surface area contributed by atoms with Gasteiger partial charge in [-0.1, -0.05) is 270 Å². The van der Waals surface area contributed by atoms with Gasteiger partial charge in [-0.2, -0.15) is 0 Å². The van der Waals surface area contributed by atoms with Gasteiger partial charge in [-0.05, 0) is 103 Å². The van der Waals surface area contributed by atoms with Crippen LogP contribution in [0.4, 0.5) is 0 Å². The molecule has 0 heterocycles. The fourth-order valence-corrected chi connectivity index (χ4v) is 9.42. The molecule has 0 saturated heterocycles. The smallest absolute Gasteiger partial charge is 0.268 e. The Kier molecular flexibility index (Phi) is 56.2. The maximum Gasteiger partial charge on any atom is 0.268 e. The van der Waals surface area contributed by atoms with Crippen molar-refractivity contribution in [2.45, 2.75) is 270 Å². The molecule has 0 aromatic carbocycles. The molecule has 78 heavy (non-hydrogen) atoms. The van der Waals surface area contributed by atoms with E-state index in [0.29, 0.717) is 17.4 Å². The van der Waals surface area contributed by atoms with Crippen LogP contribution in [0.1, 0.15) is 258 Å². The lowest BCUT2D eigenvalue weighted by atomic mass is 10.0. The van der Waals surface area contributed by atoms with Crippen molar-refractivity contribution in [3.63, 3.8) is 0 Å². The fourth-order valence-electron chi connectivity index (χ4n) is 8.70. The molecule has 0 aliphatic heterocycles.